The molecule has 2 unspecified atom stereocenters. The highest BCUT2D eigenvalue weighted by atomic mass is 79.9. The molecule has 1 aliphatic heterocycles. The Morgan fingerprint density at radius 1 is 1.42 bits per heavy atom. The molecule has 19 heavy (non-hydrogen) atoms. The van der Waals surface area contributed by atoms with Crippen molar-refractivity contribution in [3.63, 3.8) is 0 Å². The van der Waals surface area contributed by atoms with Crippen molar-refractivity contribution in [2.75, 3.05) is 19.6 Å². The molecule has 0 saturated carbocycles. The van der Waals surface area contributed by atoms with Crippen LogP contribution in [0.1, 0.15) is 37.8 Å². The summed E-state index contributed by atoms with van der Waals surface area (Å²) in [6.45, 7) is 5.26. The molecule has 2 atom stereocenters. The zero-order valence-corrected chi connectivity index (χ0v) is 13.8. The van der Waals surface area contributed by atoms with Crippen LogP contribution in [-0.2, 0) is 0 Å². The summed E-state index contributed by atoms with van der Waals surface area (Å²) in [6.07, 6.45) is 3.86. The Kier molecular flexibility index (Phi) is 5.70. The highest BCUT2D eigenvalue weighted by Crippen LogP contribution is 2.30. The Labute approximate surface area is 129 Å². The van der Waals surface area contributed by atoms with Crippen molar-refractivity contribution >= 4 is 27.5 Å². The van der Waals surface area contributed by atoms with E-state index in [2.05, 4.69) is 33.8 Å². The van der Waals surface area contributed by atoms with Gasteiger partial charge in [-0.25, -0.2) is 0 Å². The minimum atomic E-state index is 0.288. The van der Waals surface area contributed by atoms with E-state index in [0.29, 0.717) is 6.54 Å². The van der Waals surface area contributed by atoms with Gasteiger partial charge in [-0.2, -0.15) is 0 Å². The molecule has 0 radical (unpaired) electrons. The van der Waals surface area contributed by atoms with Crippen LogP contribution in [0.2, 0.25) is 5.02 Å². The van der Waals surface area contributed by atoms with Gasteiger partial charge in [0.1, 0.15) is 0 Å². The lowest BCUT2D eigenvalue weighted by molar-refractivity contribution is 0.207. The Morgan fingerprint density at radius 3 is 2.89 bits per heavy atom. The Hall–Kier alpha value is -0.0900. The predicted molar refractivity (Wildman–Crippen MR) is 85.5 cm³/mol. The van der Waals surface area contributed by atoms with Crippen LogP contribution in [0.5, 0.6) is 0 Å². The molecular formula is C15H22BrClN2. The summed E-state index contributed by atoms with van der Waals surface area (Å²) < 4.78 is 0.943. The second-order valence-corrected chi connectivity index (χ2v) is 6.76. The van der Waals surface area contributed by atoms with Gasteiger partial charge in [0, 0.05) is 17.1 Å². The lowest BCUT2D eigenvalue weighted by Crippen LogP contribution is -2.34. The van der Waals surface area contributed by atoms with Gasteiger partial charge >= 0.3 is 0 Å². The first-order valence-electron chi connectivity index (χ1n) is 7.01. The summed E-state index contributed by atoms with van der Waals surface area (Å²) in [5.41, 5.74) is 7.24. The van der Waals surface area contributed by atoms with Crippen molar-refractivity contribution in [1.29, 1.82) is 0 Å². The summed E-state index contributed by atoms with van der Waals surface area (Å²) in [5, 5.41) is 0.763. The van der Waals surface area contributed by atoms with Crippen molar-refractivity contribution in [2.24, 2.45) is 11.7 Å². The zero-order valence-electron chi connectivity index (χ0n) is 11.4. The Bertz CT molecular complexity index is 425. The fraction of sp³-hybridized carbons (Fsp3) is 0.600. The SMILES string of the molecule is CC1CCCN(C(CN)c2ccc(Br)c(Cl)c2)CC1. The van der Waals surface area contributed by atoms with Gasteiger partial charge in [0.05, 0.1) is 5.02 Å². The van der Waals surface area contributed by atoms with Crippen LogP contribution in [0.15, 0.2) is 22.7 Å². The molecule has 2 nitrogen and oxygen atoms in total. The minimum absolute atomic E-state index is 0.288. The molecule has 1 fully saturated rings. The lowest BCUT2D eigenvalue weighted by Gasteiger charge is -2.30. The second kappa shape index (κ2) is 7.07. The van der Waals surface area contributed by atoms with Gasteiger partial charge in [-0.05, 0) is 71.9 Å². The van der Waals surface area contributed by atoms with Crippen molar-refractivity contribution in [3.05, 3.63) is 33.3 Å². The third kappa shape index (κ3) is 3.94. The van der Waals surface area contributed by atoms with Gasteiger partial charge in [-0.15, -0.1) is 0 Å². The van der Waals surface area contributed by atoms with E-state index in [1.165, 1.54) is 24.8 Å². The second-order valence-electron chi connectivity index (χ2n) is 5.50. The molecule has 0 bridgehead atoms. The molecule has 1 heterocycles. The highest BCUT2D eigenvalue weighted by Gasteiger charge is 2.22. The smallest absolute Gasteiger partial charge is 0.0551 e. The first-order valence-corrected chi connectivity index (χ1v) is 8.18. The van der Waals surface area contributed by atoms with E-state index in [9.17, 15) is 0 Å². The van der Waals surface area contributed by atoms with Crippen molar-refractivity contribution < 1.29 is 0 Å². The van der Waals surface area contributed by atoms with Crippen molar-refractivity contribution in [2.45, 2.75) is 32.2 Å². The van der Waals surface area contributed by atoms with E-state index in [1.54, 1.807) is 0 Å². The maximum absolute atomic E-state index is 6.20. The van der Waals surface area contributed by atoms with Crippen molar-refractivity contribution in [1.82, 2.24) is 4.90 Å². The topological polar surface area (TPSA) is 29.3 Å². The largest absolute Gasteiger partial charge is 0.329 e. The Balaban J connectivity index is 2.16. The van der Waals surface area contributed by atoms with Crippen LogP contribution in [0.4, 0.5) is 0 Å². The van der Waals surface area contributed by atoms with E-state index < -0.39 is 0 Å². The third-order valence-corrected chi connectivity index (χ3v) is 5.28. The molecule has 0 spiro atoms. The van der Waals surface area contributed by atoms with Gasteiger partial charge in [0.2, 0.25) is 0 Å². The van der Waals surface area contributed by atoms with Gasteiger partial charge in [-0.1, -0.05) is 24.6 Å². The van der Waals surface area contributed by atoms with Gasteiger partial charge in [0.15, 0.2) is 0 Å². The molecular weight excluding hydrogens is 324 g/mol. The molecule has 106 valence electrons. The summed E-state index contributed by atoms with van der Waals surface area (Å²) in [6, 6.07) is 6.47. The number of benzene rings is 1. The standard InChI is InChI=1S/C15H22BrClN2/c1-11-3-2-7-19(8-6-11)15(10-18)12-4-5-13(16)14(17)9-12/h4-5,9,11,15H,2-3,6-8,10,18H2,1H3. The number of rotatable bonds is 3. The molecule has 0 aromatic heterocycles. The summed E-state index contributed by atoms with van der Waals surface area (Å²) in [5.74, 6) is 0.830. The normalized spacial score (nSPS) is 23.1. The molecule has 4 heteroatoms. The average Bonchev–Trinajstić information content (AvgIpc) is 2.60. The minimum Gasteiger partial charge on any atom is -0.329 e. The lowest BCUT2D eigenvalue weighted by atomic mass is 10.0. The summed E-state index contributed by atoms with van der Waals surface area (Å²) in [7, 11) is 0. The number of hydrogen-bond donors (Lipinski definition) is 1. The first kappa shape index (κ1) is 15.3. The fourth-order valence-corrected chi connectivity index (χ4v) is 3.25. The zero-order chi connectivity index (χ0) is 13.8. The fourth-order valence-electron chi connectivity index (χ4n) is 2.81. The number of nitrogens with zero attached hydrogens (tertiary/aromatic N) is 1. The average molecular weight is 346 g/mol. The van der Waals surface area contributed by atoms with E-state index in [0.717, 1.165) is 28.5 Å². The maximum Gasteiger partial charge on any atom is 0.0551 e. The quantitative estimate of drug-likeness (QED) is 0.888. The van der Waals surface area contributed by atoms with Crippen LogP contribution in [0, 0.1) is 5.92 Å². The van der Waals surface area contributed by atoms with Crippen LogP contribution in [-0.4, -0.2) is 24.5 Å². The summed E-state index contributed by atoms with van der Waals surface area (Å²) >= 11 is 9.64. The van der Waals surface area contributed by atoms with Crippen LogP contribution < -0.4 is 5.73 Å². The predicted octanol–water partition coefficient (Wildman–Crippen LogP) is 4.22. The highest BCUT2D eigenvalue weighted by molar-refractivity contribution is 9.10. The number of halogens is 2. The van der Waals surface area contributed by atoms with E-state index in [-0.39, 0.29) is 6.04 Å². The number of hydrogen-bond acceptors (Lipinski definition) is 2. The molecule has 1 saturated heterocycles. The molecule has 2 N–H and O–H groups in total. The monoisotopic (exact) mass is 344 g/mol. The van der Waals surface area contributed by atoms with Crippen LogP contribution in [0.25, 0.3) is 0 Å². The third-order valence-electron chi connectivity index (χ3n) is 4.04. The van der Waals surface area contributed by atoms with E-state index >= 15 is 0 Å². The molecule has 1 aromatic rings. The van der Waals surface area contributed by atoms with Crippen LogP contribution in [0.3, 0.4) is 0 Å². The molecule has 0 amide bonds. The Morgan fingerprint density at radius 2 is 2.21 bits per heavy atom. The van der Waals surface area contributed by atoms with Gasteiger partial charge in [0.25, 0.3) is 0 Å². The maximum atomic E-state index is 6.20. The van der Waals surface area contributed by atoms with E-state index in [4.69, 9.17) is 17.3 Å². The van der Waals surface area contributed by atoms with Gasteiger partial charge < -0.3 is 5.73 Å². The molecule has 2 rings (SSSR count). The van der Waals surface area contributed by atoms with Crippen molar-refractivity contribution in [3.8, 4) is 0 Å². The molecule has 1 aliphatic rings. The van der Waals surface area contributed by atoms with Gasteiger partial charge in [-0.3, -0.25) is 4.90 Å². The van der Waals surface area contributed by atoms with Crippen LogP contribution >= 0.6 is 27.5 Å². The number of likely N-dealkylation sites (tertiary alicyclic amines) is 1. The molecule has 0 aliphatic carbocycles. The van der Waals surface area contributed by atoms with E-state index in [1.807, 2.05) is 12.1 Å². The first-order chi connectivity index (χ1) is 9.11. The molecule has 1 aromatic carbocycles. The number of nitrogens with two attached hydrogens (primary N) is 1. The summed E-state index contributed by atoms with van der Waals surface area (Å²) in [4.78, 5) is 2.52.